The van der Waals surface area contributed by atoms with Crippen LogP contribution in [0.4, 0.5) is 4.39 Å². The predicted octanol–water partition coefficient (Wildman–Crippen LogP) is 4.82. The van der Waals surface area contributed by atoms with E-state index >= 15 is 0 Å². The zero-order valence-corrected chi connectivity index (χ0v) is 18.7. The van der Waals surface area contributed by atoms with Gasteiger partial charge in [0.15, 0.2) is 0 Å². The maximum atomic E-state index is 14.3. The van der Waals surface area contributed by atoms with Gasteiger partial charge in [0.25, 0.3) is 0 Å². The summed E-state index contributed by atoms with van der Waals surface area (Å²) in [6, 6.07) is 14.5. The van der Waals surface area contributed by atoms with Crippen LogP contribution in [0.5, 0.6) is 0 Å². The molecule has 0 saturated carbocycles. The summed E-state index contributed by atoms with van der Waals surface area (Å²) < 4.78 is 14.3. The molecule has 1 heterocycles. The number of nitrogens with one attached hydrogen (secondary N) is 1. The molecule has 6 heteroatoms. The van der Waals surface area contributed by atoms with Gasteiger partial charge in [-0.15, -0.1) is 0 Å². The molecule has 5 nitrogen and oxygen atoms in total. The molecular weight excluding hydrogens is 407 g/mol. The maximum absolute atomic E-state index is 14.3. The standard InChI is InChI=1S/C26H33FN2O3/c1-19-10-12-20(13-11-19)24(29-14-6-2-3-7-15-29)18-28-25(30)16-21(17-26(31)32)22-8-4-5-9-23(22)27/h4-5,8-13,21,24H,2-3,6-7,14-18H2,1H3,(H,28,30)(H,31,32). The summed E-state index contributed by atoms with van der Waals surface area (Å²) in [6.07, 6.45) is 4.39. The molecule has 2 aromatic rings. The molecule has 0 aromatic heterocycles. The Hall–Kier alpha value is -2.73. The van der Waals surface area contributed by atoms with Crippen molar-refractivity contribution in [2.24, 2.45) is 0 Å². The van der Waals surface area contributed by atoms with Crippen LogP contribution in [0.25, 0.3) is 0 Å². The van der Waals surface area contributed by atoms with E-state index < -0.39 is 17.7 Å². The summed E-state index contributed by atoms with van der Waals surface area (Å²) >= 11 is 0. The van der Waals surface area contributed by atoms with E-state index in [4.69, 9.17) is 0 Å². The highest BCUT2D eigenvalue weighted by molar-refractivity contribution is 5.78. The van der Waals surface area contributed by atoms with Crippen LogP contribution in [0.15, 0.2) is 48.5 Å². The Kier molecular flexibility index (Phi) is 8.80. The summed E-state index contributed by atoms with van der Waals surface area (Å²) in [4.78, 5) is 26.6. The molecule has 1 amide bonds. The van der Waals surface area contributed by atoms with Crippen molar-refractivity contribution in [3.8, 4) is 0 Å². The van der Waals surface area contributed by atoms with Crippen molar-refractivity contribution < 1.29 is 19.1 Å². The first kappa shape index (κ1) is 23.9. The van der Waals surface area contributed by atoms with Gasteiger partial charge in [-0.1, -0.05) is 60.9 Å². The number of likely N-dealkylation sites (tertiary alicyclic amines) is 1. The lowest BCUT2D eigenvalue weighted by molar-refractivity contribution is -0.137. The monoisotopic (exact) mass is 440 g/mol. The highest BCUT2D eigenvalue weighted by Gasteiger charge is 2.25. The number of aryl methyl sites for hydroxylation is 1. The molecule has 2 atom stereocenters. The van der Waals surface area contributed by atoms with Crippen LogP contribution in [0, 0.1) is 12.7 Å². The lowest BCUT2D eigenvalue weighted by Gasteiger charge is -2.31. The third kappa shape index (κ3) is 6.89. The van der Waals surface area contributed by atoms with Crippen LogP contribution in [0.2, 0.25) is 0 Å². The van der Waals surface area contributed by atoms with Crippen LogP contribution in [-0.2, 0) is 9.59 Å². The van der Waals surface area contributed by atoms with Gasteiger partial charge in [0, 0.05) is 18.9 Å². The molecule has 1 aliphatic rings. The number of carboxylic acids is 1. The molecular formula is C26H33FN2O3. The highest BCUT2D eigenvalue weighted by Crippen LogP contribution is 2.27. The molecule has 1 aliphatic heterocycles. The highest BCUT2D eigenvalue weighted by atomic mass is 19.1. The summed E-state index contributed by atoms with van der Waals surface area (Å²) in [7, 11) is 0. The smallest absolute Gasteiger partial charge is 0.303 e. The van der Waals surface area contributed by atoms with Gasteiger partial charge < -0.3 is 10.4 Å². The minimum atomic E-state index is -1.05. The second-order valence-electron chi connectivity index (χ2n) is 8.70. The average molecular weight is 441 g/mol. The van der Waals surface area contributed by atoms with E-state index in [9.17, 15) is 19.1 Å². The van der Waals surface area contributed by atoms with Crippen molar-refractivity contribution in [2.75, 3.05) is 19.6 Å². The van der Waals surface area contributed by atoms with Gasteiger partial charge in [-0.25, -0.2) is 4.39 Å². The van der Waals surface area contributed by atoms with E-state index in [-0.39, 0.29) is 30.4 Å². The fourth-order valence-corrected chi connectivity index (χ4v) is 4.47. The zero-order chi connectivity index (χ0) is 22.9. The molecule has 0 bridgehead atoms. The number of aliphatic carboxylic acids is 1. The van der Waals surface area contributed by atoms with Gasteiger partial charge in [0.05, 0.1) is 12.5 Å². The third-order valence-corrected chi connectivity index (χ3v) is 6.23. The van der Waals surface area contributed by atoms with E-state index in [1.165, 1.54) is 24.5 Å². The minimum Gasteiger partial charge on any atom is -0.481 e. The largest absolute Gasteiger partial charge is 0.481 e. The summed E-state index contributed by atoms with van der Waals surface area (Å²) in [6.45, 7) is 4.48. The number of nitrogens with zero attached hydrogens (tertiary/aromatic N) is 1. The molecule has 2 unspecified atom stereocenters. The molecule has 1 fully saturated rings. The van der Waals surface area contributed by atoms with Crippen molar-refractivity contribution >= 4 is 11.9 Å². The first-order chi connectivity index (χ1) is 15.4. The van der Waals surface area contributed by atoms with E-state index in [2.05, 4.69) is 41.4 Å². The van der Waals surface area contributed by atoms with Gasteiger partial charge >= 0.3 is 5.97 Å². The topological polar surface area (TPSA) is 69.6 Å². The fraction of sp³-hybridized carbons (Fsp3) is 0.462. The van der Waals surface area contributed by atoms with E-state index in [1.54, 1.807) is 18.2 Å². The van der Waals surface area contributed by atoms with Crippen molar-refractivity contribution in [2.45, 2.75) is 57.4 Å². The molecule has 2 N–H and O–H groups in total. The number of carbonyl (C=O) groups is 2. The fourth-order valence-electron chi connectivity index (χ4n) is 4.47. The van der Waals surface area contributed by atoms with Crippen LogP contribution < -0.4 is 5.32 Å². The van der Waals surface area contributed by atoms with Gasteiger partial charge in [0.2, 0.25) is 5.91 Å². The number of halogens is 1. The number of rotatable bonds is 9. The first-order valence-electron chi connectivity index (χ1n) is 11.5. The Morgan fingerprint density at radius 3 is 2.28 bits per heavy atom. The number of carboxylic acid groups (broad SMARTS) is 1. The van der Waals surface area contributed by atoms with E-state index in [0.717, 1.165) is 31.5 Å². The van der Waals surface area contributed by atoms with Crippen molar-refractivity contribution in [3.63, 3.8) is 0 Å². The van der Waals surface area contributed by atoms with Gasteiger partial charge in [0.1, 0.15) is 5.82 Å². The molecule has 172 valence electrons. The third-order valence-electron chi connectivity index (χ3n) is 6.23. The van der Waals surface area contributed by atoms with Crippen molar-refractivity contribution in [1.29, 1.82) is 0 Å². The lowest BCUT2D eigenvalue weighted by atomic mass is 9.91. The second-order valence-corrected chi connectivity index (χ2v) is 8.70. The van der Waals surface area contributed by atoms with Crippen LogP contribution in [-0.4, -0.2) is 41.5 Å². The molecule has 2 aromatic carbocycles. The van der Waals surface area contributed by atoms with Gasteiger partial charge in [-0.2, -0.15) is 0 Å². The summed E-state index contributed by atoms with van der Waals surface area (Å²) in [5.74, 6) is -2.49. The van der Waals surface area contributed by atoms with Gasteiger partial charge in [-0.05, 0) is 50.0 Å². The normalized spacial score (nSPS) is 16.7. The predicted molar refractivity (Wildman–Crippen MR) is 123 cm³/mol. The average Bonchev–Trinajstić information content (AvgIpc) is 3.04. The summed E-state index contributed by atoms with van der Waals surface area (Å²) in [5.41, 5.74) is 2.62. The number of hydrogen-bond acceptors (Lipinski definition) is 3. The SMILES string of the molecule is Cc1ccc(C(CNC(=O)CC(CC(=O)O)c2ccccc2F)N2CCCCCC2)cc1. The van der Waals surface area contributed by atoms with Crippen molar-refractivity contribution in [1.82, 2.24) is 10.2 Å². The van der Waals surface area contributed by atoms with Crippen LogP contribution in [0.3, 0.4) is 0 Å². The molecule has 3 rings (SSSR count). The first-order valence-corrected chi connectivity index (χ1v) is 11.5. The Morgan fingerprint density at radius 1 is 1.00 bits per heavy atom. The Balaban J connectivity index is 1.70. The molecule has 0 spiro atoms. The van der Waals surface area contributed by atoms with E-state index in [1.807, 2.05) is 0 Å². The number of benzene rings is 2. The number of carbonyl (C=O) groups excluding carboxylic acids is 1. The van der Waals surface area contributed by atoms with E-state index in [0.29, 0.717) is 6.54 Å². The molecule has 0 aliphatic carbocycles. The Morgan fingerprint density at radius 2 is 1.66 bits per heavy atom. The quantitative estimate of drug-likeness (QED) is 0.587. The second kappa shape index (κ2) is 11.8. The number of amides is 1. The molecule has 0 radical (unpaired) electrons. The molecule has 32 heavy (non-hydrogen) atoms. The number of hydrogen-bond donors (Lipinski definition) is 2. The minimum absolute atomic E-state index is 0.0593. The lowest BCUT2D eigenvalue weighted by Crippen LogP contribution is -2.39. The van der Waals surface area contributed by atoms with Gasteiger partial charge in [-0.3, -0.25) is 14.5 Å². The Bertz CT molecular complexity index is 892. The van der Waals surface area contributed by atoms with Crippen LogP contribution in [0.1, 0.15) is 67.2 Å². The van der Waals surface area contributed by atoms with Crippen LogP contribution >= 0.6 is 0 Å². The Labute approximate surface area is 189 Å². The summed E-state index contributed by atoms with van der Waals surface area (Å²) in [5, 5.41) is 12.3. The maximum Gasteiger partial charge on any atom is 0.303 e. The van der Waals surface area contributed by atoms with Crippen molar-refractivity contribution in [3.05, 3.63) is 71.0 Å². The zero-order valence-electron chi connectivity index (χ0n) is 18.7. The molecule has 1 saturated heterocycles.